The van der Waals surface area contributed by atoms with E-state index in [9.17, 15) is 4.79 Å². The lowest BCUT2D eigenvalue weighted by molar-refractivity contribution is -0.131. The summed E-state index contributed by atoms with van der Waals surface area (Å²) >= 11 is 1.75. The molecule has 1 saturated heterocycles. The van der Waals surface area contributed by atoms with E-state index in [0.717, 1.165) is 11.6 Å². The van der Waals surface area contributed by atoms with Crippen LogP contribution in [0.15, 0.2) is 0 Å². The average Bonchev–Trinajstić information content (AvgIpc) is 2.65. The predicted molar refractivity (Wildman–Crippen MR) is 55.3 cm³/mol. The topological polar surface area (TPSA) is 32.3 Å². The Balaban J connectivity index is 2.48. The minimum atomic E-state index is -0.0294. The van der Waals surface area contributed by atoms with Crippen molar-refractivity contribution in [2.24, 2.45) is 0 Å². The third kappa shape index (κ3) is 2.64. The molecule has 1 fully saturated rings. The zero-order valence-electron chi connectivity index (χ0n) is 7.75. The fraction of sp³-hybridized carbons (Fsp3) is 0.667. The molecule has 1 heterocycles. The molecule has 13 heavy (non-hydrogen) atoms. The van der Waals surface area contributed by atoms with Gasteiger partial charge in [0, 0.05) is 18.2 Å². The molecule has 0 saturated carbocycles. The highest BCUT2D eigenvalue weighted by atomic mass is 32.2. The van der Waals surface area contributed by atoms with Crippen molar-refractivity contribution in [3.8, 4) is 12.3 Å². The maximum Gasteiger partial charge on any atom is 0.241 e. The van der Waals surface area contributed by atoms with Crippen LogP contribution in [0.1, 0.15) is 6.92 Å². The van der Waals surface area contributed by atoms with Crippen molar-refractivity contribution in [2.75, 3.05) is 24.7 Å². The van der Waals surface area contributed by atoms with Crippen LogP contribution in [0, 0.1) is 12.3 Å². The summed E-state index contributed by atoms with van der Waals surface area (Å²) in [6, 6.07) is -0.0294. The number of likely N-dealkylation sites (N-methyl/N-ethyl adjacent to an activating group) is 1. The van der Waals surface area contributed by atoms with E-state index >= 15 is 0 Å². The number of hydrogen-bond donors (Lipinski definition) is 1. The van der Waals surface area contributed by atoms with Crippen LogP contribution in [-0.2, 0) is 4.79 Å². The predicted octanol–water partition coefficient (Wildman–Crippen LogP) is 0.131. The van der Waals surface area contributed by atoms with E-state index in [0.29, 0.717) is 13.1 Å². The van der Waals surface area contributed by atoms with Gasteiger partial charge in [0.25, 0.3) is 0 Å². The average molecular weight is 198 g/mol. The smallest absolute Gasteiger partial charge is 0.241 e. The van der Waals surface area contributed by atoms with Gasteiger partial charge in [0.2, 0.25) is 5.91 Å². The largest absolute Gasteiger partial charge is 0.330 e. The first-order chi connectivity index (χ1) is 6.29. The van der Waals surface area contributed by atoms with Crippen molar-refractivity contribution in [3.05, 3.63) is 0 Å². The minimum absolute atomic E-state index is 0.0294. The highest BCUT2D eigenvalue weighted by molar-refractivity contribution is 7.99. The molecule has 1 aliphatic rings. The van der Waals surface area contributed by atoms with E-state index in [1.54, 1.807) is 16.7 Å². The van der Waals surface area contributed by atoms with Crippen LogP contribution >= 0.6 is 11.8 Å². The number of nitrogens with one attached hydrogen (secondary N) is 1. The summed E-state index contributed by atoms with van der Waals surface area (Å²) in [6.45, 7) is 3.04. The lowest BCUT2D eigenvalue weighted by Gasteiger charge is -2.21. The molecule has 1 atom stereocenters. The molecule has 0 aliphatic carbocycles. The van der Waals surface area contributed by atoms with E-state index in [2.05, 4.69) is 11.2 Å². The Morgan fingerprint density at radius 1 is 1.85 bits per heavy atom. The third-order valence-corrected chi connectivity index (χ3v) is 2.93. The first kappa shape index (κ1) is 10.4. The highest BCUT2D eigenvalue weighted by Crippen LogP contribution is 2.11. The fourth-order valence-corrected chi connectivity index (χ4v) is 2.16. The molecular formula is C9H14N2OS. The summed E-state index contributed by atoms with van der Waals surface area (Å²) in [5, 5.41) is 3.13. The molecule has 0 radical (unpaired) electrons. The fourth-order valence-electron chi connectivity index (χ4n) is 1.23. The van der Waals surface area contributed by atoms with Gasteiger partial charge in [-0.2, -0.15) is 0 Å². The molecule has 1 unspecified atom stereocenters. The second-order valence-electron chi connectivity index (χ2n) is 2.83. The summed E-state index contributed by atoms with van der Waals surface area (Å²) in [6.07, 6.45) is 5.17. The molecule has 1 amide bonds. The van der Waals surface area contributed by atoms with Crippen LogP contribution in [0.2, 0.25) is 0 Å². The highest BCUT2D eigenvalue weighted by Gasteiger charge is 2.25. The van der Waals surface area contributed by atoms with Crippen LogP contribution in [-0.4, -0.2) is 41.6 Å². The molecule has 4 heteroatoms. The van der Waals surface area contributed by atoms with E-state index in [1.165, 1.54) is 0 Å². The van der Waals surface area contributed by atoms with Gasteiger partial charge in [-0.05, 0) is 6.92 Å². The number of thioether (sulfide) groups is 1. The SMILES string of the molecule is C#CCN(CC)C(=O)C1CSCN1. The van der Waals surface area contributed by atoms with Crippen LogP contribution in [0.3, 0.4) is 0 Å². The molecule has 0 bridgehead atoms. The van der Waals surface area contributed by atoms with Crippen molar-refractivity contribution in [1.82, 2.24) is 10.2 Å². The number of amides is 1. The maximum atomic E-state index is 11.7. The van der Waals surface area contributed by atoms with Gasteiger partial charge in [0.15, 0.2) is 0 Å². The summed E-state index contributed by atoms with van der Waals surface area (Å²) in [7, 11) is 0. The summed E-state index contributed by atoms with van der Waals surface area (Å²) in [5.74, 6) is 4.35. The zero-order valence-corrected chi connectivity index (χ0v) is 8.56. The molecule has 3 nitrogen and oxygen atoms in total. The second kappa shape index (κ2) is 5.15. The number of terminal acetylenes is 1. The Kier molecular flexibility index (Phi) is 4.13. The normalized spacial score (nSPS) is 21.1. The van der Waals surface area contributed by atoms with Gasteiger partial charge in [-0.3, -0.25) is 10.1 Å². The van der Waals surface area contributed by atoms with Crippen molar-refractivity contribution in [3.63, 3.8) is 0 Å². The lowest BCUT2D eigenvalue weighted by atomic mass is 10.3. The van der Waals surface area contributed by atoms with Crippen LogP contribution < -0.4 is 5.32 Å². The molecule has 1 N–H and O–H groups in total. The van der Waals surface area contributed by atoms with E-state index < -0.39 is 0 Å². The Morgan fingerprint density at radius 3 is 3.08 bits per heavy atom. The van der Waals surface area contributed by atoms with Gasteiger partial charge < -0.3 is 4.90 Å². The molecule has 0 aromatic heterocycles. The van der Waals surface area contributed by atoms with E-state index in [-0.39, 0.29) is 11.9 Å². The van der Waals surface area contributed by atoms with E-state index in [1.807, 2.05) is 6.92 Å². The first-order valence-electron chi connectivity index (χ1n) is 4.33. The van der Waals surface area contributed by atoms with Gasteiger partial charge in [0.1, 0.15) is 0 Å². The van der Waals surface area contributed by atoms with Gasteiger partial charge in [-0.1, -0.05) is 5.92 Å². The molecule has 0 spiro atoms. The summed E-state index contributed by atoms with van der Waals surface area (Å²) < 4.78 is 0. The molecule has 0 aromatic carbocycles. The Morgan fingerprint density at radius 2 is 2.62 bits per heavy atom. The first-order valence-corrected chi connectivity index (χ1v) is 5.48. The third-order valence-electron chi connectivity index (χ3n) is 1.99. The van der Waals surface area contributed by atoms with Crippen molar-refractivity contribution in [2.45, 2.75) is 13.0 Å². The number of hydrogen-bond acceptors (Lipinski definition) is 3. The number of rotatable bonds is 3. The van der Waals surface area contributed by atoms with Crippen LogP contribution in [0.25, 0.3) is 0 Å². The Bertz CT molecular complexity index is 218. The van der Waals surface area contributed by atoms with Crippen LogP contribution in [0.4, 0.5) is 0 Å². The number of nitrogens with zero attached hydrogens (tertiary/aromatic N) is 1. The molecular weight excluding hydrogens is 184 g/mol. The summed E-state index contributed by atoms with van der Waals surface area (Å²) in [5.41, 5.74) is 0. The maximum absolute atomic E-state index is 11.7. The minimum Gasteiger partial charge on any atom is -0.330 e. The summed E-state index contributed by atoms with van der Waals surface area (Å²) in [4.78, 5) is 13.4. The number of carbonyl (C=O) groups is 1. The number of carbonyl (C=O) groups excluding carboxylic acids is 1. The lowest BCUT2D eigenvalue weighted by Crippen LogP contribution is -2.44. The van der Waals surface area contributed by atoms with Gasteiger partial charge in [-0.15, -0.1) is 18.2 Å². The van der Waals surface area contributed by atoms with Crippen molar-refractivity contribution in [1.29, 1.82) is 0 Å². The molecule has 1 aliphatic heterocycles. The zero-order chi connectivity index (χ0) is 9.68. The second-order valence-corrected chi connectivity index (χ2v) is 3.86. The Hall–Kier alpha value is -0.660. The van der Waals surface area contributed by atoms with Crippen molar-refractivity contribution < 1.29 is 4.79 Å². The van der Waals surface area contributed by atoms with Gasteiger partial charge in [-0.25, -0.2) is 0 Å². The van der Waals surface area contributed by atoms with E-state index in [4.69, 9.17) is 6.42 Å². The Labute approximate surface area is 83.2 Å². The molecule has 72 valence electrons. The van der Waals surface area contributed by atoms with Gasteiger partial charge in [0.05, 0.1) is 12.6 Å². The molecule has 0 aromatic rings. The monoisotopic (exact) mass is 198 g/mol. The van der Waals surface area contributed by atoms with Gasteiger partial charge >= 0.3 is 0 Å². The van der Waals surface area contributed by atoms with Crippen LogP contribution in [0.5, 0.6) is 0 Å². The quantitative estimate of drug-likeness (QED) is 0.654. The standard InChI is InChI=1S/C9H14N2OS/c1-3-5-11(4-2)9(12)8-6-13-7-10-8/h1,8,10H,4-7H2,2H3. The molecule has 1 rings (SSSR count). The van der Waals surface area contributed by atoms with Crippen molar-refractivity contribution >= 4 is 17.7 Å².